The Bertz CT molecular complexity index is 787. The molecule has 0 spiro atoms. The largest absolute Gasteiger partial charge is 0.544 e. The highest BCUT2D eigenvalue weighted by Crippen LogP contribution is 2.28. The zero-order valence-corrected chi connectivity index (χ0v) is 21.6. The lowest BCUT2D eigenvalue weighted by molar-refractivity contribution is -0.337. The van der Waals surface area contributed by atoms with Crippen molar-refractivity contribution in [3.63, 3.8) is 0 Å². The van der Waals surface area contributed by atoms with Gasteiger partial charge in [-0.2, -0.15) is 8.78 Å². The zero-order valence-electron chi connectivity index (χ0n) is 15.1. The highest BCUT2D eigenvalue weighted by atomic mass is 127. The highest BCUT2D eigenvalue weighted by Gasteiger charge is 2.47. The maximum Gasteiger partial charge on any atom is 0.348 e. The number of carbonyl (C=O) groups excluding carboxylic acids is 3. The SMILES string of the molecule is CC(C)C(OC(=O)C(CCO)OC(=O)c1cc(I)cc(I)c1I)C(F)(F)C(=O)[O-]. The number of rotatable bonds is 9. The molecule has 1 aromatic carbocycles. The summed E-state index contributed by atoms with van der Waals surface area (Å²) >= 11 is 5.92. The average Bonchev–Trinajstić information content (AvgIpc) is 2.61. The van der Waals surface area contributed by atoms with Gasteiger partial charge in [-0.1, -0.05) is 13.8 Å². The van der Waals surface area contributed by atoms with E-state index in [1.54, 1.807) is 0 Å². The molecular weight excluding hydrogens is 735 g/mol. The minimum Gasteiger partial charge on any atom is -0.544 e. The molecule has 2 atom stereocenters. The molecule has 7 nitrogen and oxygen atoms in total. The van der Waals surface area contributed by atoms with Crippen LogP contribution in [0.15, 0.2) is 12.1 Å². The number of aliphatic hydroxyl groups excluding tert-OH is 1. The molecular formula is C17H16F2I3O7-. The fourth-order valence-electron chi connectivity index (χ4n) is 2.19. The number of carboxylic acid groups (broad SMARTS) is 1. The number of aliphatic hydroxyl groups is 1. The van der Waals surface area contributed by atoms with Crippen molar-refractivity contribution in [2.24, 2.45) is 5.92 Å². The first-order chi connectivity index (χ1) is 13.3. The normalized spacial score (nSPS) is 13.7. The summed E-state index contributed by atoms with van der Waals surface area (Å²) in [5.74, 6) is -10.5. The molecule has 0 aromatic heterocycles. The van der Waals surface area contributed by atoms with Gasteiger partial charge in [0.15, 0.2) is 6.10 Å². The standard InChI is InChI=1S/C17H17F2I3O7/c1-7(2)13(17(18,19)16(26)27)29-15(25)11(3-4-23)28-14(24)9-5-8(20)6-10(21)12(9)22/h5-7,11,13,23H,3-4H2,1-2H3,(H,26,27)/p-1. The van der Waals surface area contributed by atoms with Gasteiger partial charge >= 0.3 is 17.9 Å². The summed E-state index contributed by atoms with van der Waals surface area (Å²) in [6.45, 7) is 1.87. The molecule has 0 radical (unpaired) electrons. The van der Waals surface area contributed by atoms with E-state index < -0.39 is 55.0 Å². The molecule has 0 saturated carbocycles. The first-order valence-corrected chi connectivity index (χ1v) is 11.3. The Kier molecular flexibility index (Phi) is 10.4. The Labute approximate surface area is 206 Å². The number of ether oxygens (including phenoxy) is 2. The molecule has 0 fully saturated rings. The molecule has 12 heteroatoms. The van der Waals surface area contributed by atoms with Crippen LogP contribution in [0.4, 0.5) is 8.78 Å². The summed E-state index contributed by atoms with van der Waals surface area (Å²) in [7, 11) is 0. The molecule has 0 aliphatic rings. The summed E-state index contributed by atoms with van der Waals surface area (Å²) in [6, 6.07) is 3.34. The second-order valence-electron chi connectivity index (χ2n) is 6.17. The minimum atomic E-state index is -4.45. The average molecular weight is 751 g/mol. The molecule has 1 rings (SSSR count). The van der Waals surface area contributed by atoms with Crippen molar-refractivity contribution in [1.82, 2.24) is 0 Å². The van der Waals surface area contributed by atoms with Crippen LogP contribution in [0.1, 0.15) is 30.6 Å². The molecule has 0 aliphatic carbocycles. The van der Waals surface area contributed by atoms with E-state index in [-0.39, 0.29) is 5.56 Å². The molecule has 0 bridgehead atoms. The van der Waals surface area contributed by atoms with E-state index in [0.29, 0.717) is 3.57 Å². The van der Waals surface area contributed by atoms with Crippen LogP contribution in [-0.2, 0) is 19.1 Å². The number of hydrogen-bond acceptors (Lipinski definition) is 7. The van der Waals surface area contributed by atoms with Crippen LogP contribution in [0, 0.1) is 16.6 Å². The second-order valence-corrected chi connectivity index (χ2v) is 9.65. The van der Waals surface area contributed by atoms with Crippen molar-refractivity contribution in [3.8, 4) is 0 Å². The van der Waals surface area contributed by atoms with E-state index in [9.17, 15) is 28.3 Å². The lowest BCUT2D eigenvalue weighted by atomic mass is 10.0. The number of esters is 2. The lowest BCUT2D eigenvalue weighted by Crippen LogP contribution is -2.54. The maximum atomic E-state index is 13.8. The van der Waals surface area contributed by atoms with Crippen molar-refractivity contribution in [1.29, 1.82) is 0 Å². The van der Waals surface area contributed by atoms with Crippen LogP contribution in [0.3, 0.4) is 0 Å². The third kappa shape index (κ3) is 7.09. The monoisotopic (exact) mass is 751 g/mol. The Morgan fingerprint density at radius 3 is 2.24 bits per heavy atom. The molecule has 162 valence electrons. The van der Waals surface area contributed by atoms with Crippen molar-refractivity contribution >= 4 is 85.7 Å². The Hall–Kier alpha value is -0.360. The van der Waals surface area contributed by atoms with Gasteiger partial charge in [0.25, 0.3) is 0 Å². The molecule has 0 amide bonds. The summed E-state index contributed by atoms with van der Waals surface area (Å²) in [5.41, 5.74) is 0.151. The second kappa shape index (κ2) is 11.3. The molecule has 1 aromatic rings. The predicted molar refractivity (Wildman–Crippen MR) is 120 cm³/mol. The maximum absolute atomic E-state index is 13.8. The number of hydrogen-bond donors (Lipinski definition) is 1. The van der Waals surface area contributed by atoms with E-state index in [2.05, 4.69) is 4.74 Å². The van der Waals surface area contributed by atoms with Gasteiger partial charge in [0, 0.05) is 23.7 Å². The number of benzene rings is 1. The number of alkyl halides is 2. The summed E-state index contributed by atoms with van der Waals surface area (Å²) < 4.78 is 39.5. The lowest BCUT2D eigenvalue weighted by Gasteiger charge is -2.31. The Balaban J connectivity index is 3.09. The van der Waals surface area contributed by atoms with Crippen molar-refractivity contribution in [2.45, 2.75) is 38.4 Å². The van der Waals surface area contributed by atoms with Gasteiger partial charge in [-0.25, -0.2) is 9.59 Å². The summed E-state index contributed by atoms with van der Waals surface area (Å²) in [4.78, 5) is 35.6. The molecule has 29 heavy (non-hydrogen) atoms. The number of aliphatic carboxylic acids is 1. The van der Waals surface area contributed by atoms with Gasteiger partial charge in [0.1, 0.15) is 5.97 Å². The van der Waals surface area contributed by atoms with Crippen LogP contribution in [0.25, 0.3) is 0 Å². The molecule has 0 saturated heterocycles. The van der Waals surface area contributed by atoms with Crippen molar-refractivity contribution < 1.29 is 42.9 Å². The Morgan fingerprint density at radius 2 is 1.76 bits per heavy atom. The fraction of sp³-hybridized carbons (Fsp3) is 0.471. The smallest absolute Gasteiger partial charge is 0.348 e. The van der Waals surface area contributed by atoms with Gasteiger partial charge in [-0.15, -0.1) is 0 Å². The first kappa shape index (κ1) is 26.7. The first-order valence-electron chi connectivity index (χ1n) is 8.09. The third-order valence-corrected chi connectivity index (χ3v) is 7.26. The van der Waals surface area contributed by atoms with Crippen molar-refractivity contribution in [3.05, 3.63) is 28.4 Å². The van der Waals surface area contributed by atoms with Crippen LogP contribution in [0.2, 0.25) is 0 Å². The molecule has 2 unspecified atom stereocenters. The number of carboxylic acids is 1. The van der Waals surface area contributed by atoms with Crippen LogP contribution in [0.5, 0.6) is 0 Å². The van der Waals surface area contributed by atoms with E-state index >= 15 is 0 Å². The number of halogens is 5. The predicted octanol–water partition coefficient (Wildman–Crippen LogP) is 2.36. The van der Waals surface area contributed by atoms with Crippen LogP contribution >= 0.6 is 67.8 Å². The number of carbonyl (C=O) groups is 3. The fourth-order valence-corrected chi connectivity index (χ4v) is 4.56. The van der Waals surface area contributed by atoms with Gasteiger partial charge in [0.05, 0.1) is 5.56 Å². The molecule has 0 heterocycles. The molecule has 0 aliphatic heterocycles. The molecule has 1 N–H and O–H groups in total. The Morgan fingerprint density at radius 1 is 1.17 bits per heavy atom. The minimum absolute atomic E-state index is 0.151. The highest BCUT2D eigenvalue weighted by molar-refractivity contribution is 14.1. The van der Waals surface area contributed by atoms with Gasteiger partial charge in [-0.3, -0.25) is 0 Å². The zero-order chi connectivity index (χ0) is 22.5. The topological polar surface area (TPSA) is 113 Å². The third-order valence-electron chi connectivity index (χ3n) is 3.59. The quantitative estimate of drug-likeness (QED) is 0.235. The van der Waals surface area contributed by atoms with Gasteiger partial charge < -0.3 is 24.5 Å². The summed E-state index contributed by atoms with van der Waals surface area (Å²) in [6.07, 6.45) is -4.44. The van der Waals surface area contributed by atoms with Gasteiger partial charge in [-0.05, 0) is 85.8 Å². The van der Waals surface area contributed by atoms with E-state index in [1.165, 1.54) is 19.9 Å². The van der Waals surface area contributed by atoms with E-state index in [1.807, 2.05) is 73.8 Å². The van der Waals surface area contributed by atoms with Crippen molar-refractivity contribution in [2.75, 3.05) is 6.61 Å². The van der Waals surface area contributed by atoms with E-state index in [4.69, 9.17) is 9.84 Å². The van der Waals surface area contributed by atoms with E-state index in [0.717, 1.165) is 7.14 Å². The van der Waals surface area contributed by atoms with Crippen LogP contribution in [-0.4, -0.2) is 47.8 Å². The summed E-state index contributed by atoms with van der Waals surface area (Å²) in [5, 5.41) is 19.9. The van der Waals surface area contributed by atoms with Gasteiger partial charge in [0.2, 0.25) is 6.10 Å². The van der Waals surface area contributed by atoms with Crippen LogP contribution < -0.4 is 5.11 Å².